The number of ether oxygens (including phenoxy) is 2. The minimum Gasteiger partial charge on any atom is -0.495 e. The first-order valence-electron chi connectivity index (χ1n) is 5.90. The van der Waals surface area contributed by atoms with E-state index in [0.29, 0.717) is 11.2 Å². The Morgan fingerprint density at radius 2 is 1.95 bits per heavy atom. The highest BCUT2D eigenvalue weighted by Gasteiger charge is 2.13. The van der Waals surface area contributed by atoms with E-state index >= 15 is 0 Å². The molecule has 2 rings (SSSR count). The lowest BCUT2D eigenvalue weighted by molar-refractivity contribution is -0.117. The zero-order chi connectivity index (χ0) is 14.0. The van der Waals surface area contributed by atoms with Crippen molar-refractivity contribution in [3.63, 3.8) is 0 Å². The van der Waals surface area contributed by atoms with Crippen LogP contribution in [-0.2, 0) is 11.8 Å². The first-order chi connectivity index (χ1) is 9.12. The molecule has 0 atom stereocenters. The maximum atomic E-state index is 11.5. The molecule has 1 aromatic heterocycles. The molecular formula is C13H16N2O3S. The van der Waals surface area contributed by atoms with Gasteiger partial charge in [0.15, 0.2) is 4.80 Å². The zero-order valence-electron chi connectivity index (χ0n) is 11.4. The van der Waals surface area contributed by atoms with Crippen molar-refractivity contribution in [1.82, 2.24) is 4.57 Å². The van der Waals surface area contributed by atoms with Crippen molar-refractivity contribution in [1.29, 1.82) is 0 Å². The summed E-state index contributed by atoms with van der Waals surface area (Å²) in [7, 11) is 5.10. The van der Waals surface area contributed by atoms with Crippen molar-refractivity contribution >= 4 is 27.5 Å². The topological polar surface area (TPSA) is 52.8 Å². The molecule has 1 heterocycles. The van der Waals surface area contributed by atoms with Gasteiger partial charge in [-0.1, -0.05) is 18.3 Å². The number of hydrogen-bond donors (Lipinski definition) is 0. The van der Waals surface area contributed by atoms with Gasteiger partial charge in [0.05, 0.1) is 14.2 Å². The number of carbonyl (C=O) groups is 1. The molecule has 2 aromatic rings. The summed E-state index contributed by atoms with van der Waals surface area (Å²) in [4.78, 5) is 16.2. The second-order valence-electron chi connectivity index (χ2n) is 3.95. The number of thiazole rings is 1. The number of fused-ring (bicyclic) bond motifs is 1. The first kappa shape index (κ1) is 13.6. The Bertz CT molecular complexity index is 685. The van der Waals surface area contributed by atoms with Gasteiger partial charge in [0.2, 0.25) is 5.91 Å². The summed E-state index contributed by atoms with van der Waals surface area (Å²) in [6, 6.07) is 3.70. The third kappa shape index (κ3) is 2.35. The summed E-state index contributed by atoms with van der Waals surface area (Å²) in [5, 5.41) is 0. The van der Waals surface area contributed by atoms with E-state index < -0.39 is 0 Å². The fraction of sp³-hybridized carbons (Fsp3) is 0.385. The van der Waals surface area contributed by atoms with Crippen LogP contribution in [0.15, 0.2) is 17.1 Å². The van der Waals surface area contributed by atoms with Crippen LogP contribution < -0.4 is 14.3 Å². The van der Waals surface area contributed by atoms with E-state index in [4.69, 9.17) is 9.47 Å². The minimum atomic E-state index is -0.139. The van der Waals surface area contributed by atoms with E-state index in [1.54, 1.807) is 21.1 Å². The molecule has 0 aliphatic carbocycles. The van der Waals surface area contributed by atoms with Crippen LogP contribution in [0.25, 0.3) is 10.2 Å². The predicted octanol–water partition coefficient (Wildman–Crippen LogP) is 2.09. The lowest BCUT2D eigenvalue weighted by atomic mass is 10.3. The molecule has 0 saturated carbocycles. The molecule has 0 bridgehead atoms. The highest BCUT2D eigenvalue weighted by molar-refractivity contribution is 7.16. The van der Waals surface area contributed by atoms with Crippen LogP contribution >= 0.6 is 11.3 Å². The maximum Gasteiger partial charge on any atom is 0.248 e. The van der Waals surface area contributed by atoms with Crippen molar-refractivity contribution < 1.29 is 14.3 Å². The summed E-state index contributed by atoms with van der Waals surface area (Å²) < 4.78 is 13.5. The van der Waals surface area contributed by atoms with Crippen molar-refractivity contribution in [2.24, 2.45) is 12.0 Å². The Labute approximate surface area is 115 Å². The summed E-state index contributed by atoms with van der Waals surface area (Å²) in [6.07, 6.45) is 0.391. The fourth-order valence-electron chi connectivity index (χ4n) is 1.82. The van der Waals surface area contributed by atoms with Crippen molar-refractivity contribution in [2.75, 3.05) is 14.2 Å². The normalized spacial score (nSPS) is 11.9. The number of carbonyl (C=O) groups excluding carboxylic acids is 1. The van der Waals surface area contributed by atoms with E-state index in [9.17, 15) is 4.79 Å². The third-order valence-electron chi connectivity index (χ3n) is 2.84. The monoisotopic (exact) mass is 280 g/mol. The Morgan fingerprint density at radius 3 is 2.53 bits per heavy atom. The smallest absolute Gasteiger partial charge is 0.248 e. The summed E-state index contributed by atoms with van der Waals surface area (Å²) in [5.41, 5.74) is 0.884. The third-order valence-corrected chi connectivity index (χ3v) is 3.98. The zero-order valence-corrected chi connectivity index (χ0v) is 12.2. The van der Waals surface area contributed by atoms with Gasteiger partial charge in [-0.3, -0.25) is 4.79 Å². The standard InChI is InChI=1S/C13H16N2O3S/c1-5-10(16)14-13-15(2)11-8(17-3)6-7-9(18-4)12(11)19-13/h6-7H,5H2,1-4H3. The van der Waals surface area contributed by atoms with Crippen molar-refractivity contribution in [2.45, 2.75) is 13.3 Å². The van der Waals surface area contributed by atoms with Gasteiger partial charge in [-0.2, -0.15) is 4.99 Å². The maximum absolute atomic E-state index is 11.5. The van der Waals surface area contributed by atoms with E-state index in [1.807, 2.05) is 23.7 Å². The molecule has 0 radical (unpaired) electrons. The largest absolute Gasteiger partial charge is 0.495 e. The molecular weight excluding hydrogens is 264 g/mol. The van der Waals surface area contributed by atoms with Crippen LogP contribution in [0.4, 0.5) is 0 Å². The molecule has 102 valence electrons. The average Bonchev–Trinajstić information content (AvgIpc) is 2.75. The SMILES string of the molecule is CCC(=O)N=c1sc2c(OC)ccc(OC)c2n1C. The molecule has 0 fully saturated rings. The predicted molar refractivity (Wildman–Crippen MR) is 74.8 cm³/mol. The van der Waals surface area contributed by atoms with E-state index in [0.717, 1.165) is 21.7 Å². The van der Waals surface area contributed by atoms with Crippen LogP contribution in [0.2, 0.25) is 0 Å². The second kappa shape index (κ2) is 5.44. The van der Waals surface area contributed by atoms with Gasteiger partial charge in [0.25, 0.3) is 0 Å². The van der Waals surface area contributed by atoms with E-state index in [2.05, 4.69) is 4.99 Å². The molecule has 19 heavy (non-hydrogen) atoms. The number of aromatic nitrogens is 1. The van der Waals surface area contributed by atoms with Crippen LogP contribution in [0.3, 0.4) is 0 Å². The summed E-state index contributed by atoms with van der Waals surface area (Å²) >= 11 is 1.42. The molecule has 1 amide bonds. The molecule has 6 heteroatoms. The highest BCUT2D eigenvalue weighted by Crippen LogP contribution is 2.34. The second-order valence-corrected chi connectivity index (χ2v) is 4.93. The number of amides is 1. The number of hydrogen-bond acceptors (Lipinski definition) is 4. The first-order valence-corrected chi connectivity index (χ1v) is 6.72. The van der Waals surface area contributed by atoms with Crippen LogP contribution in [-0.4, -0.2) is 24.7 Å². The summed E-state index contributed by atoms with van der Waals surface area (Å²) in [5.74, 6) is 1.35. The van der Waals surface area contributed by atoms with Crippen LogP contribution in [0.5, 0.6) is 11.5 Å². The fourth-order valence-corrected chi connectivity index (χ4v) is 2.96. The van der Waals surface area contributed by atoms with E-state index in [1.165, 1.54) is 11.3 Å². The number of rotatable bonds is 3. The molecule has 0 spiro atoms. The Morgan fingerprint density at radius 1 is 1.32 bits per heavy atom. The summed E-state index contributed by atoms with van der Waals surface area (Å²) in [6.45, 7) is 1.79. The molecule has 0 N–H and O–H groups in total. The number of benzene rings is 1. The average molecular weight is 280 g/mol. The van der Waals surface area contributed by atoms with Crippen molar-refractivity contribution in [3.05, 3.63) is 16.9 Å². The van der Waals surface area contributed by atoms with Gasteiger partial charge in [-0.15, -0.1) is 0 Å². The minimum absolute atomic E-state index is 0.139. The molecule has 0 aliphatic rings. The Kier molecular flexibility index (Phi) is 3.90. The molecule has 0 unspecified atom stereocenters. The number of methoxy groups -OCH3 is 2. The molecule has 0 saturated heterocycles. The van der Waals surface area contributed by atoms with Gasteiger partial charge >= 0.3 is 0 Å². The van der Waals surface area contributed by atoms with Gasteiger partial charge in [0, 0.05) is 13.5 Å². The number of nitrogens with zero attached hydrogens (tertiary/aromatic N) is 2. The van der Waals surface area contributed by atoms with Gasteiger partial charge in [-0.25, -0.2) is 0 Å². The lowest BCUT2D eigenvalue weighted by Gasteiger charge is -2.06. The van der Waals surface area contributed by atoms with Crippen LogP contribution in [0.1, 0.15) is 13.3 Å². The molecule has 1 aromatic carbocycles. The highest BCUT2D eigenvalue weighted by atomic mass is 32.1. The lowest BCUT2D eigenvalue weighted by Crippen LogP contribution is -2.13. The van der Waals surface area contributed by atoms with Crippen molar-refractivity contribution in [3.8, 4) is 11.5 Å². The molecule has 5 nitrogen and oxygen atoms in total. The molecule has 0 aliphatic heterocycles. The quantitative estimate of drug-likeness (QED) is 0.865. The van der Waals surface area contributed by atoms with Gasteiger partial charge in [-0.05, 0) is 12.1 Å². The van der Waals surface area contributed by atoms with Gasteiger partial charge < -0.3 is 14.0 Å². The van der Waals surface area contributed by atoms with Gasteiger partial charge in [0.1, 0.15) is 21.7 Å². The Hall–Kier alpha value is -1.82. The van der Waals surface area contributed by atoms with E-state index in [-0.39, 0.29) is 5.91 Å². The number of aryl methyl sites for hydroxylation is 1. The Balaban J connectivity index is 2.81. The van der Waals surface area contributed by atoms with Crippen LogP contribution in [0, 0.1) is 0 Å².